The lowest BCUT2D eigenvalue weighted by Crippen LogP contribution is -2.35. The van der Waals surface area contributed by atoms with Gasteiger partial charge < -0.3 is 16.4 Å². The van der Waals surface area contributed by atoms with Crippen molar-refractivity contribution in [3.8, 4) is 0 Å². The largest absolute Gasteiger partial charge is 0.387 e. The predicted molar refractivity (Wildman–Crippen MR) is 73.2 cm³/mol. The standard InChI is InChI=1S/C13H19N5/c1-2-8-5-9-10(7-17-12(9)16-6-8)13-15-4-3-11(14)18-13/h6-7,9,12,15-16H,2-5H2,1H3,(H2,14,18). The van der Waals surface area contributed by atoms with Crippen molar-refractivity contribution >= 4 is 12.1 Å². The van der Waals surface area contributed by atoms with Gasteiger partial charge in [0.2, 0.25) is 0 Å². The fourth-order valence-corrected chi connectivity index (χ4v) is 2.65. The van der Waals surface area contributed by atoms with Crippen molar-refractivity contribution in [3.63, 3.8) is 0 Å². The van der Waals surface area contributed by atoms with Crippen LogP contribution in [0.2, 0.25) is 0 Å². The van der Waals surface area contributed by atoms with Crippen molar-refractivity contribution in [2.75, 3.05) is 6.54 Å². The zero-order chi connectivity index (χ0) is 12.5. The SMILES string of the molecule is CCC1=CNC2N=CC(=C3N=C(N)CCN3)C2C1. The van der Waals surface area contributed by atoms with Gasteiger partial charge in [-0.1, -0.05) is 12.5 Å². The minimum absolute atomic E-state index is 0.169. The van der Waals surface area contributed by atoms with E-state index in [1.807, 2.05) is 6.21 Å². The molecule has 2 unspecified atom stereocenters. The van der Waals surface area contributed by atoms with E-state index < -0.39 is 0 Å². The molecule has 3 aliphatic heterocycles. The summed E-state index contributed by atoms with van der Waals surface area (Å²) in [6.45, 7) is 3.05. The Kier molecular flexibility index (Phi) is 2.81. The number of allylic oxidation sites excluding steroid dienone is 1. The molecule has 96 valence electrons. The number of fused-ring (bicyclic) bond motifs is 1. The van der Waals surface area contributed by atoms with Gasteiger partial charge in [0.15, 0.2) is 0 Å². The number of amidine groups is 1. The quantitative estimate of drug-likeness (QED) is 0.641. The maximum Gasteiger partial charge on any atom is 0.133 e. The maximum atomic E-state index is 5.82. The summed E-state index contributed by atoms with van der Waals surface area (Å²) in [5.41, 5.74) is 8.45. The molecule has 4 N–H and O–H groups in total. The average Bonchev–Trinajstić information content (AvgIpc) is 2.81. The highest BCUT2D eigenvalue weighted by molar-refractivity contribution is 5.87. The van der Waals surface area contributed by atoms with Gasteiger partial charge >= 0.3 is 0 Å². The maximum absolute atomic E-state index is 5.82. The van der Waals surface area contributed by atoms with Gasteiger partial charge in [-0.25, -0.2) is 4.99 Å². The first-order valence-corrected chi connectivity index (χ1v) is 6.56. The Balaban J connectivity index is 1.91. The Hall–Kier alpha value is -1.78. The van der Waals surface area contributed by atoms with E-state index in [1.165, 1.54) is 11.1 Å². The molecule has 0 radical (unpaired) electrons. The Labute approximate surface area is 107 Å². The summed E-state index contributed by atoms with van der Waals surface area (Å²) in [5, 5.41) is 6.69. The molecule has 18 heavy (non-hydrogen) atoms. The van der Waals surface area contributed by atoms with Gasteiger partial charge in [-0.15, -0.1) is 0 Å². The lowest BCUT2D eigenvalue weighted by Gasteiger charge is -2.27. The highest BCUT2D eigenvalue weighted by Crippen LogP contribution is 2.33. The summed E-state index contributed by atoms with van der Waals surface area (Å²) in [6, 6.07) is 0. The molecule has 5 nitrogen and oxygen atoms in total. The van der Waals surface area contributed by atoms with Crippen LogP contribution in [0.3, 0.4) is 0 Å². The topological polar surface area (TPSA) is 74.8 Å². The van der Waals surface area contributed by atoms with E-state index in [4.69, 9.17) is 5.73 Å². The Morgan fingerprint density at radius 1 is 1.50 bits per heavy atom. The third-order valence-corrected chi connectivity index (χ3v) is 3.75. The van der Waals surface area contributed by atoms with Crippen LogP contribution in [0.4, 0.5) is 0 Å². The van der Waals surface area contributed by atoms with Gasteiger partial charge in [-0.05, 0) is 19.0 Å². The van der Waals surface area contributed by atoms with E-state index in [9.17, 15) is 0 Å². The summed E-state index contributed by atoms with van der Waals surface area (Å²) in [6.07, 6.45) is 7.18. The van der Waals surface area contributed by atoms with Crippen LogP contribution in [-0.2, 0) is 0 Å². The third kappa shape index (κ3) is 1.89. The van der Waals surface area contributed by atoms with Crippen LogP contribution in [-0.4, -0.2) is 24.8 Å². The second-order valence-electron chi connectivity index (χ2n) is 4.94. The van der Waals surface area contributed by atoms with Crippen LogP contribution in [0.15, 0.2) is 33.2 Å². The van der Waals surface area contributed by atoms with Crippen LogP contribution >= 0.6 is 0 Å². The van der Waals surface area contributed by atoms with E-state index in [1.54, 1.807) is 0 Å². The number of rotatable bonds is 1. The fraction of sp³-hybridized carbons (Fsp3) is 0.538. The molecule has 5 heteroatoms. The van der Waals surface area contributed by atoms with Crippen molar-refractivity contribution < 1.29 is 0 Å². The normalized spacial score (nSPS) is 34.3. The molecule has 3 heterocycles. The predicted octanol–water partition coefficient (Wildman–Crippen LogP) is 0.862. The zero-order valence-electron chi connectivity index (χ0n) is 10.6. The summed E-state index contributed by atoms with van der Waals surface area (Å²) in [5.74, 6) is 2.01. The van der Waals surface area contributed by atoms with E-state index in [2.05, 4.69) is 33.7 Å². The van der Waals surface area contributed by atoms with E-state index >= 15 is 0 Å². The first-order chi connectivity index (χ1) is 8.78. The average molecular weight is 245 g/mol. The Bertz CT molecular complexity index is 472. The number of hydrogen-bond donors (Lipinski definition) is 3. The minimum atomic E-state index is 0.169. The van der Waals surface area contributed by atoms with Crippen LogP contribution in [0.25, 0.3) is 0 Å². The lowest BCUT2D eigenvalue weighted by molar-refractivity contribution is 0.437. The number of nitrogens with zero attached hydrogens (tertiary/aromatic N) is 2. The van der Waals surface area contributed by atoms with Gasteiger partial charge in [0, 0.05) is 30.7 Å². The summed E-state index contributed by atoms with van der Waals surface area (Å²) < 4.78 is 0. The van der Waals surface area contributed by atoms with Gasteiger partial charge in [-0.3, -0.25) is 4.99 Å². The molecule has 0 spiro atoms. The molecule has 2 atom stereocenters. The second kappa shape index (κ2) is 4.48. The number of nitrogens with one attached hydrogen (secondary N) is 2. The molecule has 0 saturated heterocycles. The smallest absolute Gasteiger partial charge is 0.133 e. The molecule has 0 bridgehead atoms. The van der Waals surface area contributed by atoms with Crippen molar-refractivity contribution in [2.24, 2.45) is 21.6 Å². The van der Waals surface area contributed by atoms with Crippen LogP contribution in [0.5, 0.6) is 0 Å². The number of hydrogen-bond acceptors (Lipinski definition) is 5. The second-order valence-corrected chi connectivity index (χ2v) is 4.94. The fourth-order valence-electron chi connectivity index (χ4n) is 2.65. The van der Waals surface area contributed by atoms with Gasteiger partial charge in [0.25, 0.3) is 0 Å². The monoisotopic (exact) mass is 245 g/mol. The van der Waals surface area contributed by atoms with Gasteiger partial charge in [0.1, 0.15) is 17.8 Å². The first kappa shape index (κ1) is 11.3. The van der Waals surface area contributed by atoms with Gasteiger partial charge in [0.05, 0.1) is 0 Å². The highest BCUT2D eigenvalue weighted by atomic mass is 15.1. The molecule has 0 saturated carbocycles. The van der Waals surface area contributed by atoms with Crippen LogP contribution < -0.4 is 16.4 Å². The first-order valence-electron chi connectivity index (χ1n) is 6.56. The van der Waals surface area contributed by atoms with Crippen molar-refractivity contribution in [3.05, 3.63) is 23.2 Å². The molecule has 0 aromatic heterocycles. The lowest BCUT2D eigenvalue weighted by atomic mass is 9.88. The molecule has 3 aliphatic rings. The molecular weight excluding hydrogens is 226 g/mol. The van der Waals surface area contributed by atoms with Crippen molar-refractivity contribution in [2.45, 2.75) is 32.4 Å². The zero-order valence-corrected chi connectivity index (χ0v) is 10.6. The number of nitrogens with two attached hydrogens (primary N) is 1. The summed E-state index contributed by atoms with van der Waals surface area (Å²) >= 11 is 0. The van der Waals surface area contributed by atoms with Crippen LogP contribution in [0, 0.1) is 5.92 Å². The molecule has 0 amide bonds. The third-order valence-electron chi connectivity index (χ3n) is 3.75. The van der Waals surface area contributed by atoms with Crippen molar-refractivity contribution in [1.29, 1.82) is 0 Å². The molecule has 3 rings (SSSR count). The Morgan fingerprint density at radius 2 is 2.39 bits per heavy atom. The molecular formula is C13H19N5. The minimum Gasteiger partial charge on any atom is -0.387 e. The molecule has 0 aliphatic carbocycles. The van der Waals surface area contributed by atoms with E-state index in [0.29, 0.717) is 11.8 Å². The highest BCUT2D eigenvalue weighted by Gasteiger charge is 2.33. The van der Waals surface area contributed by atoms with E-state index in [-0.39, 0.29) is 6.17 Å². The number of aliphatic imine (C=N–C) groups is 2. The summed E-state index contributed by atoms with van der Waals surface area (Å²) in [4.78, 5) is 8.95. The molecule has 0 aromatic carbocycles. The van der Waals surface area contributed by atoms with E-state index in [0.717, 1.165) is 31.6 Å². The van der Waals surface area contributed by atoms with Crippen molar-refractivity contribution in [1.82, 2.24) is 10.6 Å². The molecule has 0 aromatic rings. The van der Waals surface area contributed by atoms with Gasteiger partial charge in [-0.2, -0.15) is 0 Å². The Morgan fingerprint density at radius 3 is 3.17 bits per heavy atom. The summed E-state index contributed by atoms with van der Waals surface area (Å²) in [7, 11) is 0. The molecule has 0 fully saturated rings. The van der Waals surface area contributed by atoms with Crippen LogP contribution in [0.1, 0.15) is 26.2 Å².